The highest BCUT2D eigenvalue weighted by molar-refractivity contribution is 6.41. The van der Waals surface area contributed by atoms with Crippen LogP contribution in [0, 0.1) is 11.8 Å². The Morgan fingerprint density at radius 3 is 2.47 bits per heavy atom. The molecule has 0 aliphatic carbocycles. The highest BCUT2D eigenvalue weighted by Gasteiger charge is 2.24. The third-order valence-electron chi connectivity index (χ3n) is 5.28. The van der Waals surface area contributed by atoms with Gasteiger partial charge in [0.05, 0.1) is 10.4 Å². The van der Waals surface area contributed by atoms with Crippen LogP contribution in [0.5, 0.6) is 0 Å². The van der Waals surface area contributed by atoms with Crippen molar-refractivity contribution in [1.82, 2.24) is 19.4 Å². The molecule has 0 aromatic carbocycles. The summed E-state index contributed by atoms with van der Waals surface area (Å²) in [6, 6.07) is 1.72. The Labute approximate surface area is 186 Å². The maximum Gasteiger partial charge on any atom is 0.351 e. The average Bonchev–Trinajstić information content (AvgIpc) is 2.70. The van der Waals surface area contributed by atoms with Crippen LogP contribution < -0.4 is 10.6 Å². The fraction of sp³-hybridized carbons (Fsp3) is 0.524. The molecule has 1 saturated heterocycles. The van der Waals surface area contributed by atoms with E-state index in [0.717, 1.165) is 6.42 Å². The van der Waals surface area contributed by atoms with E-state index in [1.807, 2.05) is 4.90 Å². The summed E-state index contributed by atoms with van der Waals surface area (Å²) < 4.78 is 1.59. The minimum absolute atomic E-state index is 0.0986. The van der Waals surface area contributed by atoms with Crippen LogP contribution in [-0.4, -0.2) is 51.5 Å². The predicted octanol–water partition coefficient (Wildman–Crippen LogP) is 3.62. The van der Waals surface area contributed by atoms with E-state index < -0.39 is 0 Å². The van der Waals surface area contributed by atoms with Crippen molar-refractivity contribution in [2.24, 2.45) is 11.8 Å². The molecule has 1 aliphatic rings. The van der Waals surface area contributed by atoms with E-state index in [0.29, 0.717) is 60.5 Å². The zero-order valence-electron chi connectivity index (χ0n) is 17.6. The van der Waals surface area contributed by atoms with Crippen LogP contribution in [0.3, 0.4) is 0 Å². The molecule has 1 unspecified atom stereocenters. The highest BCUT2D eigenvalue weighted by atomic mass is 35.5. The average molecular weight is 452 g/mol. The largest absolute Gasteiger partial charge is 0.352 e. The van der Waals surface area contributed by atoms with E-state index in [9.17, 15) is 9.59 Å². The number of pyridine rings is 1. The van der Waals surface area contributed by atoms with Gasteiger partial charge in [0.2, 0.25) is 5.91 Å². The monoisotopic (exact) mass is 451 g/mol. The molecule has 1 atom stereocenters. The van der Waals surface area contributed by atoms with Crippen LogP contribution in [0.2, 0.25) is 10.2 Å². The Morgan fingerprint density at radius 2 is 1.87 bits per heavy atom. The van der Waals surface area contributed by atoms with E-state index in [1.165, 1.54) is 6.08 Å². The number of rotatable bonds is 6. The highest BCUT2D eigenvalue weighted by Crippen LogP contribution is 2.30. The van der Waals surface area contributed by atoms with Gasteiger partial charge >= 0.3 is 5.69 Å². The molecule has 9 heteroatoms. The Kier molecular flexibility index (Phi) is 7.03. The molecule has 0 radical (unpaired) electrons. The predicted molar refractivity (Wildman–Crippen MR) is 121 cm³/mol. The van der Waals surface area contributed by atoms with E-state index in [-0.39, 0.29) is 22.7 Å². The lowest BCUT2D eigenvalue weighted by Crippen LogP contribution is -2.49. The molecule has 0 bridgehead atoms. The van der Waals surface area contributed by atoms with Gasteiger partial charge in [-0.2, -0.15) is 4.98 Å². The summed E-state index contributed by atoms with van der Waals surface area (Å²) in [5.74, 6) is 1.23. The molecule has 30 heavy (non-hydrogen) atoms. The van der Waals surface area contributed by atoms with Crippen LogP contribution in [0.15, 0.2) is 23.5 Å². The van der Waals surface area contributed by atoms with Gasteiger partial charge in [0.25, 0.3) is 0 Å². The molecule has 2 aromatic heterocycles. The molecular weight excluding hydrogens is 425 g/mol. The molecular formula is C21H27Cl2N5O2. The molecule has 1 aliphatic heterocycles. The van der Waals surface area contributed by atoms with Crippen molar-refractivity contribution in [3.63, 3.8) is 0 Å². The van der Waals surface area contributed by atoms with Crippen LogP contribution >= 0.6 is 23.2 Å². The molecule has 7 nitrogen and oxygen atoms in total. The van der Waals surface area contributed by atoms with Gasteiger partial charge in [0.15, 0.2) is 0 Å². The first kappa shape index (κ1) is 22.6. The first-order valence-electron chi connectivity index (χ1n) is 10.1. The van der Waals surface area contributed by atoms with Gasteiger partial charge in [0, 0.05) is 32.7 Å². The first-order valence-corrected chi connectivity index (χ1v) is 10.9. The summed E-state index contributed by atoms with van der Waals surface area (Å²) in [6.07, 6.45) is 2.30. The van der Waals surface area contributed by atoms with Gasteiger partial charge in [-0.15, -0.1) is 0 Å². The van der Waals surface area contributed by atoms with Crippen LogP contribution in [0.25, 0.3) is 11.0 Å². The van der Waals surface area contributed by atoms with Gasteiger partial charge < -0.3 is 9.80 Å². The Morgan fingerprint density at radius 1 is 1.20 bits per heavy atom. The molecule has 0 saturated carbocycles. The van der Waals surface area contributed by atoms with Crippen molar-refractivity contribution in [3.8, 4) is 0 Å². The van der Waals surface area contributed by atoms with Gasteiger partial charge in [-0.1, -0.05) is 50.6 Å². The fourth-order valence-corrected chi connectivity index (χ4v) is 4.28. The van der Waals surface area contributed by atoms with E-state index in [4.69, 9.17) is 23.2 Å². The maximum absolute atomic E-state index is 13.0. The van der Waals surface area contributed by atoms with Crippen molar-refractivity contribution < 1.29 is 4.79 Å². The molecule has 2 aromatic rings. The lowest BCUT2D eigenvalue weighted by Gasteiger charge is -2.35. The summed E-state index contributed by atoms with van der Waals surface area (Å²) in [5, 5.41) is 1.16. The fourth-order valence-electron chi connectivity index (χ4n) is 3.99. The first-order chi connectivity index (χ1) is 14.2. The summed E-state index contributed by atoms with van der Waals surface area (Å²) in [6.45, 7) is 12.6. The standard InChI is InChI=1S/C21H27Cl2N5O2/c1-5-17(29)26-6-8-27(9-7-26)19-15-11-16(22)18(23)24-20(15)28(21(30)25-19)12-14(4)10-13(2)3/h5,11,13-14H,1,6-10,12H2,2-4H3. The molecule has 1 fully saturated rings. The van der Waals surface area contributed by atoms with Crippen molar-refractivity contribution >= 4 is 46.0 Å². The second kappa shape index (κ2) is 9.35. The quantitative estimate of drug-likeness (QED) is 0.495. The van der Waals surface area contributed by atoms with Crippen molar-refractivity contribution in [3.05, 3.63) is 39.4 Å². The molecule has 0 N–H and O–H groups in total. The normalized spacial score (nSPS) is 15.7. The molecule has 3 heterocycles. The topological polar surface area (TPSA) is 71.3 Å². The second-order valence-corrected chi connectivity index (χ2v) is 8.98. The van der Waals surface area contributed by atoms with Crippen LogP contribution in [-0.2, 0) is 11.3 Å². The SMILES string of the molecule is C=CC(=O)N1CCN(c2nc(=O)n(CC(C)CC(C)C)c3nc(Cl)c(Cl)cc23)CC1. The Balaban J connectivity index is 2.02. The van der Waals surface area contributed by atoms with Crippen molar-refractivity contribution in [1.29, 1.82) is 0 Å². The molecule has 1 amide bonds. The molecule has 3 rings (SSSR count). The number of hydrogen-bond acceptors (Lipinski definition) is 5. The van der Waals surface area contributed by atoms with Gasteiger partial charge in [0.1, 0.15) is 16.6 Å². The summed E-state index contributed by atoms with van der Waals surface area (Å²) in [4.78, 5) is 37.4. The minimum atomic E-state index is -0.358. The molecule has 0 spiro atoms. The number of halogens is 2. The zero-order chi connectivity index (χ0) is 22.0. The number of nitrogens with zero attached hydrogens (tertiary/aromatic N) is 5. The lowest BCUT2D eigenvalue weighted by molar-refractivity contribution is -0.126. The third kappa shape index (κ3) is 4.78. The van der Waals surface area contributed by atoms with Gasteiger partial charge in [-0.25, -0.2) is 9.78 Å². The van der Waals surface area contributed by atoms with Crippen LogP contribution in [0.1, 0.15) is 27.2 Å². The third-order valence-corrected chi connectivity index (χ3v) is 5.95. The number of hydrogen-bond donors (Lipinski definition) is 0. The summed E-state index contributed by atoms with van der Waals surface area (Å²) >= 11 is 12.5. The number of aromatic nitrogens is 3. The Bertz CT molecular complexity index is 1010. The second-order valence-electron chi connectivity index (χ2n) is 8.21. The van der Waals surface area contributed by atoms with E-state index >= 15 is 0 Å². The van der Waals surface area contributed by atoms with Crippen LogP contribution in [0.4, 0.5) is 5.82 Å². The number of anilines is 1. The van der Waals surface area contributed by atoms with E-state index in [1.54, 1.807) is 15.5 Å². The number of piperazine rings is 1. The number of amides is 1. The summed E-state index contributed by atoms with van der Waals surface area (Å²) in [7, 11) is 0. The number of carbonyl (C=O) groups excluding carboxylic acids is 1. The van der Waals surface area contributed by atoms with Crippen molar-refractivity contribution in [2.75, 3.05) is 31.1 Å². The summed E-state index contributed by atoms with van der Waals surface area (Å²) in [5.41, 5.74) is 0.128. The smallest absolute Gasteiger partial charge is 0.351 e. The Hall–Kier alpha value is -2.12. The van der Waals surface area contributed by atoms with E-state index in [2.05, 4.69) is 37.3 Å². The minimum Gasteiger partial charge on any atom is -0.352 e. The maximum atomic E-state index is 13.0. The molecule has 162 valence electrons. The number of fused-ring (bicyclic) bond motifs is 1. The zero-order valence-corrected chi connectivity index (χ0v) is 19.1. The van der Waals surface area contributed by atoms with Gasteiger partial charge in [-0.3, -0.25) is 9.36 Å². The van der Waals surface area contributed by atoms with Crippen molar-refractivity contribution in [2.45, 2.75) is 33.7 Å². The number of carbonyl (C=O) groups is 1. The van der Waals surface area contributed by atoms with Gasteiger partial charge in [-0.05, 0) is 30.4 Å². The lowest BCUT2D eigenvalue weighted by atomic mass is 9.99.